The second-order valence-electron chi connectivity index (χ2n) is 9.70. The van der Waals surface area contributed by atoms with Gasteiger partial charge in [0.25, 0.3) is 0 Å². The van der Waals surface area contributed by atoms with Gasteiger partial charge in [0.05, 0.1) is 6.54 Å². The van der Waals surface area contributed by atoms with Crippen LogP contribution in [0.4, 0.5) is 5.82 Å². The van der Waals surface area contributed by atoms with Gasteiger partial charge < -0.3 is 9.80 Å². The molecule has 1 aliphatic heterocycles. The predicted octanol–water partition coefficient (Wildman–Crippen LogP) is 3.39. The van der Waals surface area contributed by atoms with E-state index in [0.717, 1.165) is 44.1 Å². The standard InChI is InChI=1S/C26H34N6/c1-26(2,3)21-32(25-12-13-28-24(19-27)29-25)20-23-10-8-22(9-11-23)7-5-15-31-16-6-14-30(4)17-18-31/h8-13H,6,14-18,20-21H2,1-4H3. The van der Waals surface area contributed by atoms with Crippen molar-refractivity contribution in [1.29, 1.82) is 5.26 Å². The molecule has 0 saturated carbocycles. The van der Waals surface area contributed by atoms with Crippen LogP contribution in [0.15, 0.2) is 36.5 Å². The summed E-state index contributed by atoms with van der Waals surface area (Å²) in [5.41, 5.74) is 2.31. The zero-order valence-corrected chi connectivity index (χ0v) is 19.8. The summed E-state index contributed by atoms with van der Waals surface area (Å²) < 4.78 is 0. The first-order valence-corrected chi connectivity index (χ1v) is 11.3. The zero-order chi connectivity index (χ0) is 23.0. The monoisotopic (exact) mass is 430 g/mol. The van der Waals surface area contributed by atoms with Crippen molar-refractivity contribution in [2.45, 2.75) is 33.7 Å². The van der Waals surface area contributed by atoms with Crippen LogP contribution in [0.3, 0.4) is 0 Å². The lowest BCUT2D eigenvalue weighted by Gasteiger charge is -2.31. The average Bonchev–Trinajstić information content (AvgIpc) is 2.97. The molecule has 2 aromatic rings. The Kier molecular flexibility index (Phi) is 8.22. The molecule has 0 N–H and O–H groups in total. The number of benzene rings is 1. The smallest absolute Gasteiger partial charge is 0.234 e. The molecule has 0 radical (unpaired) electrons. The summed E-state index contributed by atoms with van der Waals surface area (Å²) in [6.45, 7) is 13.5. The second-order valence-corrected chi connectivity index (χ2v) is 9.70. The van der Waals surface area contributed by atoms with Crippen molar-refractivity contribution in [2.75, 3.05) is 51.2 Å². The fourth-order valence-corrected chi connectivity index (χ4v) is 3.79. The summed E-state index contributed by atoms with van der Waals surface area (Å²) in [5.74, 6) is 7.63. The van der Waals surface area contributed by atoms with Gasteiger partial charge in [-0.2, -0.15) is 5.26 Å². The lowest BCUT2D eigenvalue weighted by Crippen LogP contribution is -2.33. The van der Waals surface area contributed by atoms with E-state index in [1.165, 1.54) is 18.5 Å². The van der Waals surface area contributed by atoms with Gasteiger partial charge in [0.15, 0.2) is 0 Å². The number of anilines is 1. The molecule has 0 atom stereocenters. The molecule has 6 heteroatoms. The van der Waals surface area contributed by atoms with Gasteiger partial charge in [0.2, 0.25) is 5.82 Å². The quantitative estimate of drug-likeness (QED) is 0.678. The van der Waals surface area contributed by atoms with Crippen LogP contribution in [0.2, 0.25) is 0 Å². The highest BCUT2D eigenvalue weighted by atomic mass is 15.2. The van der Waals surface area contributed by atoms with Gasteiger partial charge in [0, 0.05) is 44.5 Å². The average molecular weight is 431 g/mol. The minimum atomic E-state index is 0.0886. The molecule has 0 amide bonds. The molecule has 32 heavy (non-hydrogen) atoms. The Balaban J connectivity index is 1.65. The molecule has 1 aromatic heterocycles. The minimum absolute atomic E-state index is 0.0886. The van der Waals surface area contributed by atoms with Crippen molar-refractivity contribution in [3.63, 3.8) is 0 Å². The molecule has 6 nitrogen and oxygen atoms in total. The van der Waals surface area contributed by atoms with Crippen LogP contribution in [-0.4, -0.2) is 66.1 Å². The van der Waals surface area contributed by atoms with Crippen LogP contribution in [0.5, 0.6) is 0 Å². The Hall–Kier alpha value is -2.93. The largest absolute Gasteiger partial charge is 0.352 e. The van der Waals surface area contributed by atoms with Crippen molar-refractivity contribution >= 4 is 5.82 Å². The molecule has 1 aliphatic rings. The normalized spacial score (nSPS) is 15.3. The number of nitriles is 1. The summed E-state index contributed by atoms with van der Waals surface area (Å²) in [5, 5.41) is 9.16. The molecule has 1 fully saturated rings. The Morgan fingerprint density at radius 2 is 1.84 bits per heavy atom. The van der Waals surface area contributed by atoms with E-state index in [9.17, 15) is 0 Å². The first-order valence-electron chi connectivity index (χ1n) is 11.3. The van der Waals surface area contributed by atoms with Crippen molar-refractivity contribution in [3.8, 4) is 17.9 Å². The van der Waals surface area contributed by atoms with Gasteiger partial charge in [-0.1, -0.05) is 44.7 Å². The maximum absolute atomic E-state index is 9.16. The van der Waals surface area contributed by atoms with Crippen molar-refractivity contribution in [2.24, 2.45) is 5.41 Å². The van der Waals surface area contributed by atoms with E-state index < -0.39 is 0 Å². The van der Waals surface area contributed by atoms with Gasteiger partial charge in [-0.05, 0) is 49.2 Å². The minimum Gasteiger partial charge on any atom is -0.352 e. The van der Waals surface area contributed by atoms with Crippen molar-refractivity contribution in [1.82, 2.24) is 19.8 Å². The van der Waals surface area contributed by atoms with Crippen molar-refractivity contribution < 1.29 is 0 Å². The van der Waals surface area contributed by atoms with Gasteiger partial charge in [0.1, 0.15) is 11.9 Å². The molecule has 0 unspecified atom stereocenters. The third kappa shape index (κ3) is 7.64. The molecular weight excluding hydrogens is 396 g/mol. The number of rotatable bonds is 5. The first kappa shape index (κ1) is 23.7. The molecule has 0 bridgehead atoms. The topological polar surface area (TPSA) is 59.3 Å². The Labute approximate surface area is 192 Å². The fraction of sp³-hybridized carbons (Fsp3) is 0.500. The molecule has 2 heterocycles. The van der Waals surface area contributed by atoms with E-state index in [0.29, 0.717) is 6.54 Å². The lowest BCUT2D eigenvalue weighted by atomic mass is 9.95. The number of likely N-dealkylation sites (N-methyl/N-ethyl adjacent to an activating group) is 1. The van der Waals surface area contributed by atoms with Crippen LogP contribution in [0.1, 0.15) is 44.1 Å². The summed E-state index contributed by atoms with van der Waals surface area (Å²) in [7, 11) is 2.19. The molecule has 1 aromatic carbocycles. The number of hydrogen-bond donors (Lipinski definition) is 0. The van der Waals surface area contributed by atoms with E-state index in [2.05, 4.69) is 88.6 Å². The lowest BCUT2D eigenvalue weighted by molar-refractivity contribution is 0.303. The highest BCUT2D eigenvalue weighted by Gasteiger charge is 2.19. The van der Waals surface area contributed by atoms with Crippen LogP contribution < -0.4 is 4.90 Å². The molecular formula is C26H34N6. The third-order valence-electron chi connectivity index (χ3n) is 5.40. The summed E-state index contributed by atoms with van der Waals surface area (Å²) >= 11 is 0. The van der Waals surface area contributed by atoms with Crippen LogP contribution in [0, 0.1) is 28.6 Å². The second kappa shape index (κ2) is 11.1. The number of nitrogens with zero attached hydrogens (tertiary/aromatic N) is 6. The van der Waals surface area contributed by atoms with Gasteiger partial charge in [-0.15, -0.1) is 0 Å². The van der Waals surface area contributed by atoms with Crippen LogP contribution in [-0.2, 0) is 6.54 Å². The molecule has 1 saturated heterocycles. The van der Waals surface area contributed by atoms with E-state index in [-0.39, 0.29) is 11.2 Å². The molecule has 3 rings (SSSR count). The SMILES string of the molecule is CN1CCCN(CC#Cc2ccc(CN(CC(C)(C)C)c3ccnc(C#N)n3)cc2)CC1. The fourth-order valence-electron chi connectivity index (χ4n) is 3.79. The molecule has 0 spiro atoms. The number of aromatic nitrogens is 2. The highest BCUT2D eigenvalue weighted by molar-refractivity contribution is 5.42. The van der Waals surface area contributed by atoms with Crippen LogP contribution >= 0.6 is 0 Å². The molecule has 0 aliphatic carbocycles. The van der Waals surface area contributed by atoms with E-state index in [4.69, 9.17) is 5.26 Å². The van der Waals surface area contributed by atoms with Gasteiger partial charge >= 0.3 is 0 Å². The van der Waals surface area contributed by atoms with E-state index in [1.807, 2.05) is 12.1 Å². The van der Waals surface area contributed by atoms with Gasteiger partial charge in [-0.25, -0.2) is 9.97 Å². The summed E-state index contributed by atoms with van der Waals surface area (Å²) in [4.78, 5) is 15.4. The number of hydrogen-bond acceptors (Lipinski definition) is 6. The van der Waals surface area contributed by atoms with Crippen LogP contribution in [0.25, 0.3) is 0 Å². The Morgan fingerprint density at radius 1 is 1.06 bits per heavy atom. The highest BCUT2D eigenvalue weighted by Crippen LogP contribution is 2.22. The van der Waals surface area contributed by atoms with Gasteiger partial charge in [-0.3, -0.25) is 4.90 Å². The van der Waals surface area contributed by atoms with E-state index >= 15 is 0 Å². The first-order chi connectivity index (χ1) is 15.3. The molecule has 168 valence electrons. The summed E-state index contributed by atoms with van der Waals surface area (Å²) in [6, 6.07) is 12.4. The maximum atomic E-state index is 9.16. The Bertz CT molecular complexity index is 974. The van der Waals surface area contributed by atoms with Crippen molar-refractivity contribution in [3.05, 3.63) is 53.5 Å². The Morgan fingerprint density at radius 3 is 2.56 bits per heavy atom. The zero-order valence-electron chi connectivity index (χ0n) is 19.8. The summed E-state index contributed by atoms with van der Waals surface area (Å²) in [6.07, 6.45) is 2.86. The maximum Gasteiger partial charge on any atom is 0.234 e. The predicted molar refractivity (Wildman–Crippen MR) is 129 cm³/mol. The third-order valence-corrected chi connectivity index (χ3v) is 5.40. The van der Waals surface area contributed by atoms with E-state index in [1.54, 1.807) is 6.20 Å².